The Kier molecular flexibility index (Phi) is 7.76. The molecule has 8 nitrogen and oxygen atoms in total. The van der Waals surface area contributed by atoms with Gasteiger partial charge in [0.1, 0.15) is 17.6 Å². The topological polar surface area (TPSA) is 110 Å². The van der Waals surface area contributed by atoms with Crippen molar-refractivity contribution < 1.29 is 17.9 Å². The molecular formula is C28H34N4O4S. The molecule has 2 heterocycles. The van der Waals surface area contributed by atoms with Crippen LogP contribution in [0, 0.1) is 11.3 Å². The Bertz CT molecular complexity index is 1460. The van der Waals surface area contributed by atoms with Crippen molar-refractivity contribution in [1.82, 2.24) is 9.62 Å². The minimum Gasteiger partial charge on any atom is -0.456 e. The van der Waals surface area contributed by atoms with Gasteiger partial charge in [0.15, 0.2) is 4.91 Å². The Balaban J connectivity index is 1.59. The molecule has 1 aliphatic rings. The highest BCUT2D eigenvalue weighted by Crippen LogP contribution is 2.32. The predicted octanol–water partition coefficient (Wildman–Crippen LogP) is 4.19. The molecular weight excluding hydrogens is 488 g/mol. The molecule has 0 unspecified atom stereocenters. The molecule has 0 atom stereocenters. The van der Waals surface area contributed by atoms with Crippen LogP contribution in [0.4, 0.5) is 5.69 Å². The van der Waals surface area contributed by atoms with Gasteiger partial charge in [-0.05, 0) is 75.3 Å². The lowest BCUT2D eigenvalue weighted by molar-refractivity contribution is 0.246. The van der Waals surface area contributed by atoms with E-state index in [1.165, 1.54) is 5.69 Å². The number of anilines is 1. The average Bonchev–Trinajstić information content (AvgIpc) is 3.34. The zero-order chi connectivity index (χ0) is 26.8. The molecule has 196 valence electrons. The number of aliphatic hydroxyl groups excluding tert-OH is 1. The molecule has 37 heavy (non-hydrogen) atoms. The van der Waals surface area contributed by atoms with Crippen LogP contribution in [-0.4, -0.2) is 63.8 Å². The second kappa shape index (κ2) is 10.7. The van der Waals surface area contributed by atoms with Crippen LogP contribution in [0.15, 0.2) is 57.9 Å². The number of furan rings is 1. The fourth-order valence-electron chi connectivity index (χ4n) is 4.55. The maximum absolute atomic E-state index is 12.9. The van der Waals surface area contributed by atoms with Crippen LogP contribution in [0.2, 0.25) is 0 Å². The lowest BCUT2D eigenvalue weighted by atomic mass is 10.0. The average molecular weight is 523 g/mol. The van der Waals surface area contributed by atoms with Crippen LogP contribution < -0.4 is 9.62 Å². The first kappa shape index (κ1) is 26.9. The van der Waals surface area contributed by atoms with E-state index in [4.69, 9.17) is 4.42 Å². The minimum absolute atomic E-state index is 0.176. The van der Waals surface area contributed by atoms with Gasteiger partial charge in [-0.3, -0.25) is 0 Å². The van der Waals surface area contributed by atoms with Crippen molar-refractivity contribution in [3.05, 3.63) is 59.2 Å². The Morgan fingerprint density at radius 1 is 1.08 bits per heavy atom. The van der Waals surface area contributed by atoms with Gasteiger partial charge >= 0.3 is 0 Å². The normalized spacial score (nSPS) is 16.1. The third kappa shape index (κ3) is 6.05. The van der Waals surface area contributed by atoms with Gasteiger partial charge in [-0.15, -0.1) is 0 Å². The number of rotatable bonds is 8. The molecule has 0 saturated carbocycles. The van der Waals surface area contributed by atoms with Gasteiger partial charge in [0, 0.05) is 55.1 Å². The number of benzene rings is 2. The molecule has 0 radical (unpaired) electrons. The molecule has 1 aromatic heterocycles. The summed E-state index contributed by atoms with van der Waals surface area (Å²) >= 11 is 0. The number of sulfonamides is 1. The lowest BCUT2D eigenvalue weighted by Gasteiger charge is -2.34. The van der Waals surface area contributed by atoms with Crippen LogP contribution in [0.25, 0.3) is 27.7 Å². The van der Waals surface area contributed by atoms with Crippen LogP contribution in [0.1, 0.15) is 33.0 Å². The van der Waals surface area contributed by atoms with Crippen molar-refractivity contribution in [2.75, 3.05) is 44.7 Å². The molecule has 1 saturated heterocycles. The van der Waals surface area contributed by atoms with Gasteiger partial charge in [0.2, 0.25) is 0 Å². The fourth-order valence-corrected chi connectivity index (χ4v) is 6.10. The smallest absolute Gasteiger partial charge is 0.251 e. The first-order chi connectivity index (χ1) is 17.5. The number of piperazine rings is 1. The number of allylic oxidation sites excluding steroid dienone is 2. The summed E-state index contributed by atoms with van der Waals surface area (Å²) in [5.74, 6) is 0.894. The van der Waals surface area contributed by atoms with Gasteiger partial charge < -0.3 is 19.3 Å². The van der Waals surface area contributed by atoms with Crippen molar-refractivity contribution in [1.29, 1.82) is 5.26 Å². The highest BCUT2D eigenvalue weighted by atomic mass is 32.2. The van der Waals surface area contributed by atoms with Crippen molar-refractivity contribution in [2.45, 2.75) is 32.7 Å². The molecule has 0 aliphatic carbocycles. The van der Waals surface area contributed by atoms with Crippen LogP contribution >= 0.6 is 0 Å². The highest BCUT2D eigenvalue weighted by Gasteiger charge is 2.30. The number of likely N-dealkylation sites (N-methyl/N-ethyl adjacent to an activating group) is 1. The maximum atomic E-state index is 12.9. The number of nitrogens with zero attached hydrogens (tertiary/aromatic N) is 3. The summed E-state index contributed by atoms with van der Waals surface area (Å²) in [6, 6.07) is 17.8. The van der Waals surface area contributed by atoms with Crippen molar-refractivity contribution in [3.63, 3.8) is 0 Å². The Hall–Kier alpha value is -3.16. The summed E-state index contributed by atoms with van der Waals surface area (Å²) in [6.45, 7) is 8.82. The van der Waals surface area contributed by atoms with Gasteiger partial charge in [-0.1, -0.05) is 18.2 Å². The largest absolute Gasteiger partial charge is 0.456 e. The molecule has 1 aliphatic heterocycles. The van der Waals surface area contributed by atoms with Crippen LogP contribution in [-0.2, 0) is 10.0 Å². The molecule has 0 amide bonds. The highest BCUT2D eigenvalue weighted by molar-refractivity contribution is 7.93. The number of aliphatic hydroxyl groups is 1. The molecule has 0 bridgehead atoms. The Labute approximate surface area is 218 Å². The van der Waals surface area contributed by atoms with E-state index in [9.17, 15) is 18.8 Å². The number of fused-ring (bicyclic) bond motifs is 1. The quantitative estimate of drug-likeness (QED) is 0.427. The predicted molar refractivity (Wildman–Crippen MR) is 147 cm³/mol. The maximum Gasteiger partial charge on any atom is 0.251 e. The zero-order valence-electron chi connectivity index (χ0n) is 21.8. The van der Waals surface area contributed by atoms with E-state index in [1.54, 1.807) is 32.9 Å². The van der Waals surface area contributed by atoms with Gasteiger partial charge in [-0.2, -0.15) is 5.26 Å². The van der Waals surface area contributed by atoms with E-state index >= 15 is 0 Å². The molecule has 2 N–H and O–H groups in total. The molecule has 2 aromatic carbocycles. The third-order valence-electron chi connectivity index (χ3n) is 6.81. The standard InChI is InChI=1S/C28H34N4O4S/c1-20(27(19-29)37(34,35)30-28(2,3)11-16-33)25-9-10-26(36-25)23-6-5-22-18-24(8-7-21(22)17-23)32-14-12-31(4)13-15-32/h5-10,17-18,30,33H,11-16H2,1-4H3/b27-20+. The fraction of sp³-hybridized carbons (Fsp3) is 0.393. The van der Waals surface area contributed by atoms with Gasteiger partial charge in [-0.25, -0.2) is 13.1 Å². The first-order valence-electron chi connectivity index (χ1n) is 12.4. The first-order valence-corrected chi connectivity index (χ1v) is 13.8. The van der Waals surface area contributed by atoms with Crippen molar-refractivity contribution in [2.24, 2.45) is 0 Å². The number of nitriles is 1. The lowest BCUT2D eigenvalue weighted by Crippen LogP contribution is -2.44. The molecule has 3 aromatic rings. The Morgan fingerprint density at radius 2 is 1.76 bits per heavy atom. The van der Waals surface area contributed by atoms with Crippen LogP contribution in [0.3, 0.4) is 0 Å². The second-order valence-corrected chi connectivity index (χ2v) is 11.8. The van der Waals surface area contributed by atoms with E-state index in [2.05, 4.69) is 45.8 Å². The van der Waals surface area contributed by atoms with Crippen molar-refractivity contribution >= 4 is 32.1 Å². The second-order valence-electron chi connectivity index (χ2n) is 10.2. The summed E-state index contributed by atoms with van der Waals surface area (Å²) in [5.41, 5.74) is 1.40. The molecule has 4 rings (SSSR count). The summed E-state index contributed by atoms with van der Waals surface area (Å²) < 4.78 is 34.4. The van der Waals surface area contributed by atoms with Gasteiger partial charge in [0.25, 0.3) is 10.0 Å². The van der Waals surface area contributed by atoms with E-state index < -0.39 is 20.5 Å². The van der Waals surface area contributed by atoms with E-state index in [0.29, 0.717) is 11.5 Å². The molecule has 0 spiro atoms. The van der Waals surface area contributed by atoms with E-state index in [1.807, 2.05) is 18.2 Å². The number of hydrogen-bond acceptors (Lipinski definition) is 7. The Morgan fingerprint density at radius 3 is 2.43 bits per heavy atom. The third-order valence-corrected chi connectivity index (χ3v) is 8.57. The minimum atomic E-state index is -4.11. The zero-order valence-corrected chi connectivity index (χ0v) is 22.6. The number of nitrogens with one attached hydrogen (secondary N) is 1. The molecule has 9 heteroatoms. The SMILES string of the molecule is C/C(=C(/C#N)S(=O)(=O)NC(C)(C)CCO)c1ccc(-c2ccc3cc(N4CCN(C)CC4)ccc3c2)o1. The summed E-state index contributed by atoms with van der Waals surface area (Å²) in [6.07, 6.45) is 0.216. The monoisotopic (exact) mass is 522 g/mol. The summed E-state index contributed by atoms with van der Waals surface area (Å²) in [4.78, 5) is 4.33. The summed E-state index contributed by atoms with van der Waals surface area (Å²) in [7, 11) is -1.96. The van der Waals surface area contributed by atoms with Gasteiger partial charge in [0.05, 0.1) is 0 Å². The molecule has 1 fully saturated rings. The number of hydrogen-bond donors (Lipinski definition) is 2. The van der Waals surface area contributed by atoms with E-state index in [0.717, 1.165) is 42.5 Å². The summed E-state index contributed by atoms with van der Waals surface area (Å²) in [5, 5.41) is 21.1. The van der Waals surface area contributed by atoms with Crippen LogP contribution in [0.5, 0.6) is 0 Å². The van der Waals surface area contributed by atoms with E-state index in [-0.39, 0.29) is 18.6 Å². The van der Waals surface area contributed by atoms with Crippen molar-refractivity contribution in [3.8, 4) is 17.4 Å².